The molecule has 1 heterocycles. The molecular formula is C18H17N3O2. The Morgan fingerprint density at radius 2 is 1.87 bits per heavy atom. The smallest absolute Gasteiger partial charge is 0.275 e. The normalized spacial score (nSPS) is 11.2. The number of aromatic hydroxyl groups is 1. The predicted molar refractivity (Wildman–Crippen MR) is 90.8 cm³/mol. The van der Waals surface area contributed by atoms with Crippen LogP contribution in [0.2, 0.25) is 0 Å². The van der Waals surface area contributed by atoms with Gasteiger partial charge >= 0.3 is 0 Å². The number of nitrogens with one attached hydrogen (secondary N) is 1. The number of phenols is 1. The van der Waals surface area contributed by atoms with Gasteiger partial charge < -0.3 is 9.67 Å². The minimum absolute atomic E-state index is 0.0638. The van der Waals surface area contributed by atoms with Crippen molar-refractivity contribution in [3.63, 3.8) is 0 Å². The summed E-state index contributed by atoms with van der Waals surface area (Å²) in [7, 11) is 1.92. The summed E-state index contributed by atoms with van der Waals surface area (Å²) < 4.78 is 1.96. The number of carbonyl (C=O) groups excluding carboxylic acids is 1. The second-order valence-electron chi connectivity index (χ2n) is 5.37. The van der Waals surface area contributed by atoms with E-state index in [1.165, 1.54) is 0 Å². The molecule has 0 spiro atoms. The van der Waals surface area contributed by atoms with E-state index in [1.54, 1.807) is 18.3 Å². The van der Waals surface area contributed by atoms with Gasteiger partial charge in [-0.25, -0.2) is 5.43 Å². The van der Waals surface area contributed by atoms with Crippen LogP contribution >= 0.6 is 0 Å². The van der Waals surface area contributed by atoms with Crippen molar-refractivity contribution in [2.75, 3.05) is 0 Å². The molecule has 116 valence electrons. The molecule has 0 saturated heterocycles. The molecule has 3 rings (SSSR count). The number of aryl methyl sites for hydroxylation is 1. The van der Waals surface area contributed by atoms with Crippen LogP contribution in [0.25, 0.3) is 10.8 Å². The van der Waals surface area contributed by atoms with Crippen LogP contribution in [0, 0.1) is 6.92 Å². The van der Waals surface area contributed by atoms with Crippen molar-refractivity contribution in [3.8, 4) is 5.75 Å². The Kier molecular flexibility index (Phi) is 3.85. The lowest BCUT2D eigenvalue weighted by Gasteiger charge is -2.06. The fourth-order valence-electron chi connectivity index (χ4n) is 2.39. The van der Waals surface area contributed by atoms with Crippen molar-refractivity contribution in [3.05, 3.63) is 65.5 Å². The van der Waals surface area contributed by atoms with E-state index in [9.17, 15) is 9.90 Å². The van der Waals surface area contributed by atoms with E-state index >= 15 is 0 Å². The number of carbonyl (C=O) groups is 1. The first-order chi connectivity index (χ1) is 11.1. The molecule has 2 N–H and O–H groups in total. The molecule has 1 amide bonds. The second kappa shape index (κ2) is 5.96. The van der Waals surface area contributed by atoms with Crippen molar-refractivity contribution in [1.29, 1.82) is 0 Å². The molecule has 2 aromatic carbocycles. The standard InChI is InChI=1S/C18H17N3O2/c1-12-7-8-15(21(12)2)11-19-20-18(23)16-9-13-5-3-4-6-14(13)10-17(16)22/h3-11,22H,1-2H3,(H,20,23)/b19-11+. The maximum atomic E-state index is 12.2. The fourth-order valence-corrected chi connectivity index (χ4v) is 2.39. The molecule has 1 aromatic heterocycles. The highest BCUT2D eigenvalue weighted by Crippen LogP contribution is 2.24. The molecule has 0 saturated carbocycles. The van der Waals surface area contributed by atoms with Gasteiger partial charge in [-0.3, -0.25) is 4.79 Å². The molecule has 0 aliphatic heterocycles. The van der Waals surface area contributed by atoms with Crippen LogP contribution in [0.4, 0.5) is 0 Å². The number of nitrogens with zero attached hydrogens (tertiary/aromatic N) is 2. The fraction of sp³-hybridized carbons (Fsp3) is 0.111. The zero-order valence-corrected chi connectivity index (χ0v) is 12.9. The summed E-state index contributed by atoms with van der Waals surface area (Å²) in [5.74, 6) is -0.512. The highest BCUT2D eigenvalue weighted by molar-refractivity contribution is 6.01. The number of phenolic OH excluding ortho intramolecular Hbond substituents is 1. The first-order valence-electron chi connectivity index (χ1n) is 7.24. The van der Waals surface area contributed by atoms with E-state index in [2.05, 4.69) is 10.5 Å². The maximum absolute atomic E-state index is 12.2. The number of fused-ring (bicyclic) bond motifs is 1. The van der Waals surface area contributed by atoms with E-state index in [0.29, 0.717) is 0 Å². The largest absolute Gasteiger partial charge is 0.507 e. The summed E-state index contributed by atoms with van der Waals surface area (Å²) in [6, 6.07) is 14.7. The number of benzene rings is 2. The Balaban J connectivity index is 1.80. The number of hydrogen-bond donors (Lipinski definition) is 2. The van der Waals surface area contributed by atoms with Gasteiger partial charge in [0.15, 0.2) is 0 Å². The van der Waals surface area contributed by atoms with Crippen molar-refractivity contribution in [2.24, 2.45) is 12.1 Å². The molecular weight excluding hydrogens is 290 g/mol. The topological polar surface area (TPSA) is 66.6 Å². The molecule has 0 radical (unpaired) electrons. The summed E-state index contributed by atoms with van der Waals surface area (Å²) in [6.07, 6.45) is 1.57. The lowest BCUT2D eigenvalue weighted by atomic mass is 10.1. The number of hydrogen-bond acceptors (Lipinski definition) is 3. The van der Waals surface area contributed by atoms with Crippen LogP contribution in [0.1, 0.15) is 21.7 Å². The van der Waals surface area contributed by atoms with E-state index in [1.807, 2.05) is 54.9 Å². The SMILES string of the molecule is Cc1ccc(/C=N/NC(=O)c2cc3ccccc3cc2O)n1C. The lowest BCUT2D eigenvalue weighted by Crippen LogP contribution is -2.18. The van der Waals surface area contributed by atoms with E-state index < -0.39 is 5.91 Å². The van der Waals surface area contributed by atoms with Crippen LogP contribution in [-0.2, 0) is 7.05 Å². The van der Waals surface area contributed by atoms with Crippen molar-refractivity contribution in [1.82, 2.24) is 9.99 Å². The van der Waals surface area contributed by atoms with Gasteiger partial charge in [0, 0.05) is 12.7 Å². The van der Waals surface area contributed by atoms with E-state index in [4.69, 9.17) is 0 Å². The number of amides is 1. The molecule has 0 fully saturated rings. The highest BCUT2D eigenvalue weighted by atomic mass is 16.3. The van der Waals surface area contributed by atoms with Gasteiger partial charge in [0.1, 0.15) is 5.75 Å². The van der Waals surface area contributed by atoms with Crippen molar-refractivity contribution in [2.45, 2.75) is 6.92 Å². The van der Waals surface area contributed by atoms with Crippen LogP contribution in [-0.4, -0.2) is 21.8 Å². The van der Waals surface area contributed by atoms with Gasteiger partial charge in [-0.2, -0.15) is 5.10 Å². The molecule has 0 unspecified atom stereocenters. The third-order valence-corrected chi connectivity index (χ3v) is 3.88. The van der Waals surface area contributed by atoms with Gasteiger partial charge in [-0.15, -0.1) is 0 Å². The summed E-state index contributed by atoms with van der Waals surface area (Å²) in [5, 5.41) is 15.7. The minimum Gasteiger partial charge on any atom is -0.507 e. The predicted octanol–water partition coefficient (Wildman–Crippen LogP) is 2.96. The number of rotatable bonds is 3. The quantitative estimate of drug-likeness (QED) is 0.577. The molecule has 0 aliphatic rings. The maximum Gasteiger partial charge on any atom is 0.275 e. The lowest BCUT2D eigenvalue weighted by molar-refractivity contribution is 0.0952. The monoisotopic (exact) mass is 307 g/mol. The molecule has 5 heteroatoms. The minimum atomic E-state index is -0.449. The Bertz CT molecular complexity index is 910. The van der Waals surface area contributed by atoms with Gasteiger partial charge in [-0.05, 0) is 42.0 Å². The summed E-state index contributed by atoms with van der Waals surface area (Å²) in [5.41, 5.74) is 4.63. The molecule has 3 aromatic rings. The second-order valence-corrected chi connectivity index (χ2v) is 5.37. The van der Waals surface area contributed by atoms with Crippen LogP contribution in [0.5, 0.6) is 5.75 Å². The van der Waals surface area contributed by atoms with Gasteiger partial charge in [0.05, 0.1) is 17.5 Å². The van der Waals surface area contributed by atoms with Gasteiger partial charge in [0.25, 0.3) is 5.91 Å². The Morgan fingerprint density at radius 1 is 1.17 bits per heavy atom. The Labute approximate surface area is 133 Å². The zero-order valence-electron chi connectivity index (χ0n) is 12.9. The molecule has 0 atom stereocenters. The average molecular weight is 307 g/mol. The molecule has 5 nitrogen and oxygen atoms in total. The number of aromatic nitrogens is 1. The Morgan fingerprint density at radius 3 is 2.52 bits per heavy atom. The van der Waals surface area contributed by atoms with Crippen molar-refractivity contribution < 1.29 is 9.90 Å². The molecule has 0 aliphatic carbocycles. The van der Waals surface area contributed by atoms with E-state index in [-0.39, 0.29) is 11.3 Å². The van der Waals surface area contributed by atoms with Gasteiger partial charge in [0.2, 0.25) is 0 Å². The molecule has 0 bridgehead atoms. The summed E-state index contributed by atoms with van der Waals surface area (Å²) >= 11 is 0. The third-order valence-electron chi connectivity index (χ3n) is 3.88. The average Bonchev–Trinajstić information content (AvgIpc) is 2.86. The summed E-state index contributed by atoms with van der Waals surface area (Å²) in [4.78, 5) is 12.2. The van der Waals surface area contributed by atoms with Crippen LogP contribution in [0.15, 0.2) is 53.6 Å². The van der Waals surface area contributed by atoms with Crippen LogP contribution < -0.4 is 5.43 Å². The molecule has 23 heavy (non-hydrogen) atoms. The Hall–Kier alpha value is -3.08. The van der Waals surface area contributed by atoms with Crippen LogP contribution in [0.3, 0.4) is 0 Å². The van der Waals surface area contributed by atoms with Crippen molar-refractivity contribution >= 4 is 22.9 Å². The third kappa shape index (κ3) is 2.94. The highest BCUT2D eigenvalue weighted by Gasteiger charge is 2.11. The first kappa shape index (κ1) is 14.8. The number of hydrazone groups is 1. The first-order valence-corrected chi connectivity index (χ1v) is 7.24. The van der Waals surface area contributed by atoms with E-state index in [0.717, 1.165) is 22.2 Å². The van der Waals surface area contributed by atoms with Gasteiger partial charge in [-0.1, -0.05) is 24.3 Å². The zero-order chi connectivity index (χ0) is 16.4. The summed E-state index contributed by atoms with van der Waals surface area (Å²) in [6.45, 7) is 1.99.